The molecule has 0 saturated carbocycles. The Morgan fingerprint density at radius 1 is 1.46 bits per heavy atom. The summed E-state index contributed by atoms with van der Waals surface area (Å²) in [5, 5.41) is 16.9. The number of nitrogens with zero attached hydrogens (tertiary/aromatic N) is 5. The second-order valence-electron chi connectivity index (χ2n) is 6.56. The van der Waals surface area contributed by atoms with Crippen molar-refractivity contribution >= 4 is 22.8 Å². The van der Waals surface area contributed by atoms with Crippen LogP contribution in [-0.4, -0.2) is 64.1 Å². The molecule has 3 heterocycles. The van der Waals surface area contributed by atoms with Gasteiger partial charge in [-0.3, -0.25) is 9.48 Å². The lowest BCUT2D eigenvalue weighted by Gasteiger charge is -2.33. The van der Waals surface area contributed by atoms with Crippen LogP contribution in [0.2, 0.25) is 0 Å². The van der Waals surface area contributed by atoms with Crippen molar-refractivity contribution in [1.82, 2.24) is 25.1 Å². The van der Waals surface area contributed by atoms with Crippen LogP contribution >= 0.6 is 0 Å². The van der Waals surface area contributed by atoms with E-state index in [1.165, 1.54) is 0 Å². The van der Waals surface area contributed by atoms with Crippen molar-refractivity contribution in [2.24, 2.45) is 13.0 Å². The van der Waals surface area contributed by atoms with E-state index < -0.39 is 0 Å². The summed E-state index contributed by atoms with van der Waals surface area (Å²) in [4.78, 5) is 23.7. The smallest absolute Gasteiger partial charge is 0.224 e. The Bertz CT molecular complexity index is 762. The Morgan fingerprint density at radius 2 is 2.31 bits per heavy atom. The third kappa shape index (κ3) is 3.94. The first-order valence-corrected chi connectivity index (χ1v) is 8.95. The van der Waals surface area contributed by atoms with Gasteiger partial charge in [-0.2, -0.15) is 5.10 Å². The number of fused-ring (bicyclic) bond motifs is 1. The molecule has 0 aliphatic carbocycles. The number of aliphatic hydroxyl groups is 1. The molecular formula is C17H26N6O3. The number of carbonyl (C=O) groups is 1. The molecule has 2 N–H and O–H groups in total. The number of piperidine rings is 1. The van der Waals surface area contributed by atoms with Crippen LogP contribution in [0.4, 0.5) is 5.82 Å². The molecule has 26 heavy (non-hydrogen) atoms. The molecule has 0 spiro atoms. The fourth-order valence-corrected chi connectivity index (χ4v) is 3.30. The number of ether oxygens (including phenoxy) is 1. The zero-order valence-electron chi connectivity index (χ0n) is 15.3. The fraction of sp³-hybridized carbons (Fsp3) is 0.647. The van der Waals surface area contributed by atoms with Gasteiger partial charge in [0.15, 0.2) is 11.5 Å². The SMILES string of the molecule is COCc1nc(N2CCC[C@@H](C(=O)NCCCO)C2)c2cnn(C)c2n1. The highest BCUT2D eigenvalue weighted by molar-refractivity contribution is 5.87. The normalized spacial score (nSPS) is 17.7. The first-order valence-electron chi connectivity index (χ1n) is 8.95. The van der Waals surface area contributed by atoms with Crippen molar-refractivity contribution in [2.45, 2.75) is 25.9 Å². The molecule has 9 heteroatoms. The maximum Gasteiger partial charge on any atom is 0.224 e. The number of aromatic nitrogens is 4. The van der Waals surface area contributed by atoms with Gasteiger partial charge < -0.3 is 20.1 Å². The van der Waals surface area contributed by atoms with E-state index in [1.54, 1.807) is 18.0 Å². The average molecular weight is 362 g/mol. The minimum absolute atomic E-state index is 0.0387. The van der Waals surface area contributed by atoms with Gasteiger partial charge in [0.05, 0.1) is 17.5 Å². The van der Waals surface area contributed by atoms with Gasteiger partial charge in [0, 0.05) is 40.4 Å². The van der Waals surface area contributed by atoms with Crippen LogP contribution in [0.25, 0.3) is 11.0 Å². The molecule has 0 bridgehead atoms. The lowest BCUT2D eigenvalue weighted by Crippen LogP contribution is -2.43. The molecule has 3 rings (SSSR count). The molecule has 0 aromatic carbocycles. The van der Waals surface area contributed by atoms with Gasteiger partial charge in [0.1, 0.15) is 12.4 Å². The van der Waals surface area contributed by atoms with Gasteiger partial charge in [-0.15, -0.1) is 0 Å². The van der Waals surface area contributed by atoms with Crippen molar-refractivity contribution in [1.29, 1.82) is 0 Å². The number of carbonyl (C=O) groups excluding carboxylic acids is 1. The highest BCUT2D eigenvalue weighted by Gasteiger charge is 2.28. The standard InChI is InChI=1S/C17H26N6O3/c1-22-15-13(9-19-22)16(21-14(20-15)11-26-2)23-7-3-5-12(10-23)17(25)18-6-4-8-24/h9,12,24H,3-8,10-11H2,1-2H3,(H,18,25)/t12-/m1/s1. The number of aryl methyl sites for hydroxylation is 1. The van der Waals surface area contributed by atoms with Gasteiger partial charge in [0.25, 0.3) is 0 Å². The summed E-state index contributed by atoms with van der Waals surface area (Å²) >= 11 is 0. The average Bonchev–Trinajstić information content (AvgIpc) is 3.03. The lowest BCUT2D eigenvalue weighted by molar-refractivity contribution is -0.125. The molecule has 2 aromatic heterocycles. The zero-order chi connectivity index (χ0) is 18.5. The number of hydrogen-bond acceptors (Lipinski definition) is 7. The number of rotatable bonds is 7. The summed E-state index contributed by atoms with van der Waals surface area (Å²) in [6, 6.07) is 0. The first kappa shape index (κ1) is 18.5. The van der Waals surface area contributed by atoms with E-state index in [4.69, 9.17) is 9.84 Å². The number of anilines is 1. The predicted molar refractivity (Wildman–Crippen MR) is 96.7 cm³/mol. The van der Waals surface area contributed by atoms with Gasteiger partial charge in [-0.1, -0.05) is 0 Å². The summed E-state index contributed by atoms with van der Waals surface area (Å²) in [6.07, 6.45) is 4.12. The Kier molecular flexibility index (Phi) is 6.00. The van der Waals surface area contributed by atoms with E-state index in [1.807, 2.05) is 7.05 Å². The van der Waals surface area contributed by atoms with E-state index in [-0.39, 0.29) is 18.4 Å². The fourth-order valence-electron chi connectivity index (χ4n) is 3.30. The van der Waals surface area contributed by atoms with Gasteiger partial charge >= 0.3 is 0 Å². The molecule has 1 aliphatic heterocycles. The van der Waals surface area contributed by atoms with E-state index in [2.05, 4.69) is 25.3 Å². The quantitative estimate of drug-likeness (QED) is 0.679. The summed E-state index contributed by atoms with van der Waals surface area (Å²) in [7, 11) is 3.47. The van der Waals surface area contributed by atoms with Crippen LogP contribution in [-0.2, 0) is 23.2 Å². The minimum atomic E-state index is -0.0880. The second kappa shape index (κ2) is 8.41. The molecule has 1 saturated heterocycles. The lowest BCUT2D eigenvalue weighted by atomic mass is 9.97. The van der Waals surface area contributed by atoms with E-state index >= 15 is 0 Å². The van der Waals surface area contributed by atoms with Crippen LogP contribution in [0, 0.1) is 5.92 Å². The van der Waals surface area contributed by atoms with Crippen molar-refractivity contribution < 1.29 is 14.6 Å². The monoisotopic (exact) mass is 362 g/mol. The molecule has 1 fully saturated rings. The molecular weight excluding hydrogens is 336 g/mol. The minimum Gasteiger partial charge on any atom is -0.396 e. The van der Waals surface area contributed by atoms with E-state index in [0.717, 1.165) is 36.2 Å². The Hall–Kier alpha value is -2.26. The summed E-state index contributed by atoms with van der Waals surface area (Å²) in [6.45, 7) is 2.36. The first-order chi connectivity index (χ1) is 12.6. The topological polar surface area (TPSA) is 105 Å². The number of methoxy groups -OCH3 is 1. The molecule has 142 valence electrons. The second-order valence-corrected chi connectivity index (χ2v) is 6.56. The third-order valence-corrected chi connectivity index (χ3v) is 4.62. The maximum atomic E-state index is 12.4. The Labute approximate surface area is 152 Å². The summed E-state index contributed by atoms with van der Waals surface area (Å²) in [5.41, 5.74) is 0.761. The largest absolute Gasteiger partial charge is 0.396 e. The van der Waals surface area contributed by atoms with E-state index in [9.17, 15) is 4.79 Å². The number of nitrogens with one attached hydrogen (secondary N) is 1. The zero-order valence-corrected chi connectivity index (χ0v) is 15.3. The van der Waals surface area contributed by atoms with E-state index in [0.29, 0.717) is 31.9 Å². The van der Waals surface area contributed by atoms with Crippen LogP contribution in [0.3, 0.4) is 0 Å². The maximum absolute atomic E-state index is 12.4. The highest BCUT2D eigenvalue weighted by Crippen LogP contribution is 2.28. The Morgan fingerprint density at radius 3 is 3.08 bits per heavy atom. The van der Waals surface area contributed by atoms with Crippen LogP contribution in [0.5, 0.6) is 0 Å². The van der Waals surface area contributed by atoms with Crippen LogP contribution in [0.15, 0.2) is 6.20 Å². The van der Waals surface area contributed by atoms with Gasteiger partial charge in [-0.25, -0.2) is 9.97 Å². The molecule has 9 nitrogen and oxygen atoms in total. The molecule has 0 radical (unpaired) electrons. The van der Waals surface area contributed by atoms with Crippen molar-refractivity contribution in [2.75, 3.05) is 38.3 Å². The molecule has 1 atom stereocenters. The van der Waals surface area contributed by atoms with Gasteiger partial charge in [0.2, 0.25) is 5.91 Å². The number of amides is 1. The Balaban J connectivity index is 1.82. The third-order valence-electron chi connectivity index (χ3n) is 4.62. The molecule has 1 amide bonds. The predicted octanol–water partition coefficient (Wildman–Crippen LogP) is 0.225. The molecule has 0 unspecified atom stereocenters. The van der Waals surface area contributed by atoms with Crippen molar-refractivity contribution in [3.8, 4) is 0 Å². The van der Waals surface area contributed by atoms with Crippen LogP contribution < -0.4 is 10.2 Å². The van der Waals surface area contributed by atoms with Crippen molar-refractivity contribution in [3.63, 3.8) is 0 Å². The molecule has 2 aromatic rings. The number of aliphatic hydroxyl groups excluding tert-OH is 1. The van der Waals surface area contributed by atoms with Gasteiger partial charge in [-0.05, 0) is 19.3 Å². The molecule has 1 aliphatic rings. The van der Waals surface area contributed by atoms with Crippen molar-refractivity contribution in [3.05, 3.63) is 12.0 Å². The summed E-state index contributed by atoms with van der Waals surface area (Å²) in [5.74, 6) is 1.36. The summed E-state index contributed by atoms with van der Waals surface area (Å²) < 4.78 is 6.92. The number of hydrogen-bond donors (Lipinski definition) is 2. The van der Waals surface area contributed by atoms with Crippen LogP contribution in [0.1, 0.15) is 25.1 Å². The highest BCUT2D eigenvalue weighted by atomic mass is 16.5.